The fourth-order valence-electron chi connectivity index (χ4n) is 5.52. The zero-order chi connectivity index (χ0) is 31.2. The maximum atomic E-state index is 13.3. The van der Waals surface area contributed by atoms with Crippen molar-refractivity contribution < 1.29 is 45.9 Å². The van der Waals surface area contributed by atoms with Gasteiger partial charge >= 0.3 is 11.9 Å². The first-order valence-electron chi connectivity index (χ1n) is 13.6. The van der Waals surface area contributed by atoms with Crippen LogP contribution in [0.1, 0.15) is 58.8 Å². The van der Waals surface area contributed by atoms with E-state index < -0.39 is 60.6 Å². The molecule has 1 saturated heterocycles. The summed E-state index contributed by atoms with van der Waals surface area (Å²) < 4.78 is 54.2. The first-order chi connectivity index (χ1) is 19.0. The third kappa shape index (κ3) is 8.59. The Hall–Kier alpha value is -2.35. The van der Waals surface area contributed by atoms with Crippen LogP contribution < -0.4 is 0 Å². The van der Waals surface area contributed by atoms with Crippen molar-refractivity contribution in [3.8, 4) is 0 Å². The van der Waals surface area contributed by atoms with Gasteiger partial charge in [0.25, 0.3) is 10.1 Å². The van der Waals surface area contributed by atoms with E-state index in [-0.39, 0.29) is 28.8 Å². The predicted octanol–water partition coefficient (Wildman–Crippen LogP) is 4.51. The first-order valence-corrected chi connectivity index (χ1v) is 17.6. The minimum Gasteiger partial charge on any atom is -0.458 e. The predicted molar refractivity (Wildman–Crippen MR) is 157 cm³/mol. The lowest BCUT2D eigenvalue weighted by Crippen LogP contribution is -2.68. The Balaban J connectivity index is 2.69. The van der Waals surface area contributed by atoms with E-state index in [0.717, 1.165) is 12.3 Å². The van der Waals surface area contributed by atoms with Crippen molar-refractivity contribution in [2.24, 2.45) is 0 Å². The van der Waals surface area contributed by atoms with Crippen molar-refractivity contribution in [2.45, 2.75) is 95.3 Å². The summed E-state index contributed by atoms with van der Waals surface area (Å²) >= 11 is 0. The summed E-state index contributed by atoms with van der Waals surface area (Å²) in [5.41, 5.74) is -1.66. The number of carbonyl (C=O) groups is 2. The Morgan fingerprint density at radius 3 is 2.15 bits per heavy atom. The molecule has 1 aromatic rings. The number of aliphatic hydroxyl groups is 1. The van der Waals surface area contributed by atoms with E-state index in [9.17, 15) is 23.1 Å². The molecule has 10 nitrogen and oxygen atoms in total. The smallest absolute Gasteiger partial charge is 0.338 e. The van der Waals surface area contributed by atoms with Crippen LogP contribution in [0.5, 0.6) is 0 Å². The third-order valence-electron chi connectivity index (χ3n) is 7.31. The Bertz CT molecular complexity index is 1160. The highest BCUT2D eigenvalue weighted by Gasteiger charge is 2.59. The van der Waals surface area contributed by atoms with Crippen LogP contribution in [-0.2, 0) is 37.7 Å². The average Bonchev–Trinajstić information content (AvgIpc) is 2.87. The molecule has 0 spiro atoms. The molecular weight excluding hydrogens is 568 g/mol. The molecule has 1 aliphatic heterocycles. The van der Waals surface area contributed by atoms with Crippen LogP contribution in [0.2, 0.25) is 16.6 Å². The molecule has 1 aliphatic rings. The van der Waals surface area contributed by atoms with E-state index in [1.807, 2.05) is 41.5 Å². The SMILES string of the molecule is C=CCOC(=O)/C=C/[C@H]1O[C@@H](O[Si](C(C)C)(C(C)C)C(C)C)[C@H](OC(=O)c2ccccc2)[C@@H](OS(C)(=O)=O)[C@]1(C)O. The molecule has 0 aliphatic carbocycles. The molecule has 0 amide bonds. The highest BCUT2D eigenvalue weighted by Crippen LogP contribution is 2.46. The van der Waals surface area contributed by atoms with Crippen molar-refractivity contribution in [3.63, 3.8) is 0 Å². The lowest BCUT2D eigenvalue weighted by molar-refractivity contribution is -0.289. The van der Waals surface area contributed by atoms with Gasteiger partial charge in [-0.2, -0.15) is 8.42 Å². The summed E-state index contributed by atoms with van der Waals surface area (Å²) in [5.74, 6) is -1.51. The molecule has 12 heteroatoms. The first kappa shape index (κ1) is 34.8. The summed E-state index contributed by atoms with van der Waals surface area (Å²) in [6.07, 6.45) is -1.25. The van der Waals surface area contributed by atoms with Gasteiger partial charge in [0.05, 0.1) is 11.8 Å². The van der Waals surface area contributed by atoms with Crippen LogP contribution in [0.25, 0.3) is 0 Å². The quantitative estimate of drug-likeness (QED) is 0.111. The average molecular weight is 613 g/mol. The van der Waals surface area contributed by atoms with E-state index in [2.05, 4.69) is 6.58 Å². The maximum Gasteiger partial charge on any atom is 0.338 e. The molecule has 0 bridgehead atoms. The van der Waals surface area contributed by atoms with Crippen LogP contribution in [0.3, 0.4) is 0 Å². The highest BCUT2D eigenvalue weighted by molar-refractivity contribution is 7.86. The Labute approximate surface area is 244 Å². The van der Waals surface area contributed by atoms with Crippen molar-refractivity contribution in [1.82, 2.24) is 0 Å². The molecule has 5 atom stereocenters. The third-order valence-corrected chi connectivity index (χ3v) is 13.9. The number of rotatable bonds is 13. The van der Waals surface area contributed by atoms with Gasteiger partial charge in [0.15, 0.2) is 18.5 Å². The van der Waals surface area contributed by atoms with Crippen molar-refractivity contribution in [2.75, 3.05) is 12.9 Å². The normalized spacial score (nSPS) is 25.6. The summed E-state index contributed by atoms with van der Waals surface area (Å²) in [6.45, 7) is 17.0. The van der Waals surface area contributed by atoms with Gasteiger partial charge in [0.2, 0.25) is 8.32 Å². The van der Waals surface area contributed by atoms with Crippen LogP contribution in [0.15, 0.2) is 55.1 Å². The molecule has 1 N–H and O–H groups in total. The van der Waals surface area contributed by atoms with Crippen LogP contribution in [0, 0.1) is 0 Å². The fourth-order valence-corrected chi connectivity index (χ4v) is 11.6. The molecule has 0 radical (unpaired) electrons. The minimum absolute atomic E-state index is 0.0283. The van der Waals surface area contributed by atoms with E-state index in [0.29, 0.717) is 0 Å². The second-order valence-electron chi connectivity index (χ2n) is 11.3. The zero-order valence-electron chi connectivity index (χ0n) is 25.1. The number of hydrogen-bond donors (Lipinski definition) is 1. The molecule has 2 rings (SSSR count). The summed E-state index contributed by atoms with van der Waals surface area (Å²) in [5, 5.41) is 11.7. The monoisotopic (exact) mass is 612 g/mol. The van der Waals surface area contributed by atoms with Crippen molar-refractivity contribution >= 4 is 30.4 Å². The van der Waals surface area contributed by atoms with Crippen LogP contribution in [-0.4, -0.2) is 76.8 Å². The minimum atomic E-state index is -4.19. The largest absolute Gasteiger partial charge is 0.458 e. The molecule has 0 saturated carbocycles. The van der Waals surface area contributed by atoms with E-state index >= 15 is 0 Å². The van der Waals surface area contributed by atoms with Gasteiger partial charge in [0, 0.05) is 6.08 Å². The number of hydrogen-bond acceptors (Lipinski definition) is 10. The Morgan fingerprint density at radius 2 is 1.66 bits per heavy atom. The Kier molecular flexibility index (Phi) is 12.1. The van der Waals surface area contributed by atoms with Gasteiger partial charge in [0.1, 0.15) is 18.3 Å². The van der Waals surface area contributed by atoms with Gasteiger partial charge in [-0.3, -0.25) is 4.18 Å². The molecular formula is C29H44O10SSi. The van der Waals surface area contributed by atoms with Gasteiger partial charge in [-0.05, 0) is 41.8 Å². The number of benzene rings is 1. The van der Waals surface area contributed by atoms with Gasteiger partial charge in [-0.15, -0.1) is 0 Å². The lowest BCUT2D eigenvalue weighted by atomic mass is 9.85. The summed E-state index contributed by atoms with van der Waals surface area (Å²) in [7, 11) is -6.93. The van der Waals surface area contributed by atoms with Gasteiger partial charge in [-0.25, -0.2) is 9.59 Å². The topological polar surface area (TPSA) is 135 Å². The highest BCUT2D eigenvalue weighted by atomic mass is 32.2. The van der Waals surface area contributed by atoms with E-state index in [1.165, 1.54) is 19.1 Å². The molecule has 1 heterocycles. The molecule has 41 heavy (non-hydrogen) atoms. The lowest BCUT2D eigenvalue weighted by Gasteiger charge is -2.52. The molecule has 230 valence electrons. The van der Waals surface area contributed by atoms with Gasteiger partial charge in [-0.1, -0.05) is 72.4 Å². The molecule has 0 aromatic heterocycles. The van der Waals surface area contributed by atoms with Crippen molar-refractivity contribution in [1.29, 1.82) is 0 Å². The number of carbonyl (C=O) groups excluding carboxylic acids is 2. The number of esters is 2. The molecule has 0 unspecified atom stereocenters. The summed E-state index contributed by atoms with van der Waals surface area (Å²) in [6, 6.07) is 8.13. The second kappa shape index (κ2) is 14.2. The Morgan fingerprint density at radius 1 is 1.10 bits per heavy atom. The standard InChI is InChI=1S/C29H44O10SSi/c1-10-18-35-24(30)17-16-23-29(8,32)26(38-40(9,33)34)25(37-27(31)22-14-12-11-13-15-22)28(36-23)39-41(19(2)3,20(4)5)21(6)7/h10-17,19-21,23,25-26,28,32H,1,18H2,2-9H3/b17-16+/t23-,25-,26-,28+,29-/m1/s1. The van der Waals surface area contributed by atoms with Gasteiger partial charge < -0.3 is 23.7 Å². The second-order valence-corrected chi connectivity index (χ2v) is 18.3. The zero-order valence-corrected chi connectivity index (χ0v) is 26.9. The van der Waals surface area contributed by atoms with Crippen LogP contribution in [0.4, 0.5) is 0 Å². The summed E-state index contributed by atoms with van der Waals surface area (Å²) in [4.78, 5) is 25.4. The molecule has 1 fully saturated rings. The van der Waals surface area contributed by atoms with Crippen LogP contribution >= 0.6 is 0 Å². The van der Waals surface area contributed by atoms with Crippen molar-refractivity contribution in [3.05, 3.63) is 60.7 Å². The molecule has 1 aromatic carbocycles. The van der Waals surface area contributed by atoms with E-state index in [4.69, 9.17) is 22.8 Å². The number of ether oxygens (including phenoxy) is 3. The maximum absolute atomic E-state index is 13.3. The fraction of sp³-hybridized carbons (Fsp3) is 0.586. The van der Waals surface area contributed by atoms with E-state index in [1.54, 1.807) is 30.3 Å².